The van der Waals surface area contributed by atoms with E-state index in [4.69, 9.17) is 4.74 Å². The topological polar surface area (TPSA) is 41.8 Å². The Labute approximate surface area is 109 Å². The third-order valence-corrected chi connectivity index (χ3v) is 3.55. The average Bonchev–Trinajstić information content (AvgIpc) is 2.79. The zero-order chi connectivity index (χ0) is 13.0. The number of rotatable bonds is 5. The van der Waals surface area contributed by atoms with Gasteiger partial charge in [0.1, 0.15) is 12.1 Å². The van der Waals surface area contributed by atoms with Crippen molar-refractivity contribution in [2.75, 3.05) is 13.2 Å². The zero-order valence-electron chi connectivity index (χ0n) is 11.1. The van der Waals surface area contributed by atoms with Gasteiger partial charge in [-0.1, -0.05) is 31.2 Å². The van der Waals surface area contributed by atoms with Crippen LogP contribution in [0.2, 0.25) is 0 Å². The molecule has 0 aliphatic carbocycles. The molecule has 1 aromatic carbocycles. The first kappa shape index (κ1) is 13.1. The molecule has 0 amide bonds. The van der Waals surface area contributed by atoms with E-state index in [0.29, 0.717) is 12.5 Å². The molecule has 1 N–H and O–H groups in total. The molecule has 0 saturated carbocycles. The van der Waals surface area contributed by atoms with Gasteiger partial charge in [0.2, 0.25) is 0 Å². The number of aliphatic imine (C=N–C) groups is 1. The summed E-state index contributed by atoms with van der Waals surface area (Å²) >= 11 is 0. The normalized spacial score (nSPS) is 22.7. The standard InChI is InChI=1S/C15H21NO2/c1-3-13-4-6-14(7-5-13)8-9-15(10-17)11-18-12(2)16-15/h4-7,17H,3,8-11H2,1-2H3. The van der Waals surface area contributed by atoms with E-state index in [0.717, 1.165) is 19.3 Å². The molecule has 0 spiro atoms. The van der Waals surface area contributed by atoms with Gasteiger partial charge in [-0.25, -0.2) is 4.99 Å². The number of aryl methyl sites for hydroxylation is 2. The van der Waals surface area contributed by atoms with Crippen LogP contribution in [0, 0.1) is 0 Å². The molecule has 0 radical (unpaired) electrons. The van der Waals surface area contributed by atoms with E-state index in [9.17, 15) is 5.11 Å². The number of hydrogen-bond donors (Lipinski definition) is 1. The maximum atomic E-state index is 9.51. The highest BCUT2D eigenvalue weighted by molar-refractivity contribution is 5.75. The summed E-state index contributed by atoms with van der Waals surface area (Å²) in [4.78, 5) is 4.43. The molecule has 3 heteroatoms. The molecule has 1 aliphatic rings. The molecule has 1 unspecified atom stereocenters. The SMILES string of the molecule is CCc1ccc(CCC2(CO)COC(C)=N2)cc1. The van der Waals surface area contributed by atoms with Crippen LogP contribution in [-0.4, -0.2) is 29.8 Å². The van der Waals surface area contributed by atoms with E-state index in [1.54, 1.807) is 0 Å². The van der Waals surface area contributed by atoms with Gasteiger partial charge < -0.3 is 9.84 Å². The molecule has 1 heterocycles. The summed E-state index contributed by atoms with van der Waals surface area (Å²) < 4.78 is 5.37. The van der Waals surface area contributed by atoms with Crippen molar-refractivity contribution in [2.45, 2.75) is 38.6 Å². The van der Waals surface area contributed by atoms with Crippen molar-refractivity contribution in [3.8, 4) is 0 Å². The van der Waals surface area contributed by atoms with Crippen LogP contribution >= 0.6 is 0 Å². The molecule has 0 saturated heterocycles. The molecule has 98 valence electrons. The Morgan fingerprint density at radius 2 is 1.94 bits per heavy atom. The third kappa shape index (κ3) is 2.91. The highest BCUT2D eigenvalue weighted by Crippen LogP contribution is 2.24. The second-order valence-corrected chi connectivity index (χ2v) is 4.97. The van der Waals surface area contributed by atoms with Gasteiger partial charge in [-0.15, -0.1) is 0 Å². The van der Waals surface area contributed by atoms with E-state index >= 15 is 0 Å². The molecule has 1 aromatic rings. The molecular formula is C15H21NO2. The van der Waals surface area contributed by atoms with E-state index in [1.807, 2.05) is 6.92 Å². The van der Waals surface area contributed by atoms with Gasteiger partial charge >= 0.3 is 0 Å². The Kier molecular flexibility index (Phi) is 4.02. The second-order valence-electron chi connectivity index (χ2n) is 4.97. The van der Waals surface area contributed by atoms with Crippen molar-refractivity contribution in [1.82, 2.24) is 0 Å². The van der Waals surface area contributed by atoms with Crippen molar-refractivity contribution in [3.05, 3.63) is 35.4 Å². The van der Waals surface area contributed by atoms with Crippen LogP contribution in [0.3, 0.4) is 0 Å². The van der Waals surface area contributed by atoms with E-state index in [2.05, 4.69) is 36.2 Å². The van der Waals surface area contributed by atoms with Gasteiger partial charge in [0.05, 0.1) is 6.61 Å². The molecule has 3 nitrogen and oxygen atoms in total. The minimum absolute atomic E-state index is 0.0530. The fourth-order valence-electron chi connectivity index (χ4n) is 2.24. The van der Waals surface area contributed by atoms with Crippen LogP contribution in [0.5, 0.6) is 0 Å². The van der Waals surface area contributed by atoms with Crippen LogP contribution in [0.1, 0.15) is 31.4 Å². The van der Waals surface area contributed by atoms with E-state index in [1.165, 1.54) is 11.1 Å². The summed E-state index contributed by atoms with van der Waals surface area (Å²) in [6.07, 6.45) is 2.81. The molecule has 0 fully saturated rings. The number of benzene rings is 1. The lowest BCUT2D eigenvalue weighted by atomic mass is 9.93. The highest BCUT2D eigenvalue weighted by atomic mass is 16.5. The van der Waals surface area contributed by atoms with Gasteiger partial charge in [0.25, 0.3) is 0 Å². The van der Waals surface area contributed by atoms with Crippen LogP contribution in [0.25, 0.3) is 0 Å². The van der Waals surface area contributed by atoms with Gasteiger partial charge in [0.15, 0.2) is 5.90 Å². The first-order valence-corrected chi connectivity index (χ1v) is 6.55. The van der Waals surface area contributed by atoms with Crippen LogP contribution < -0.4 is 0 Å². The molecule has 1 atom stereocenters. The lowest BCUT2D eigenvalue weighted by molar-refractivity contribution is 0.150. The van der Waals surface area contributed by atoms with Gasteiger partial charge in [0, 0.05) is 6.92 Å². The van der Waals surface area contributed by atoms with Crippen molar-refractivity contribution < 1.29 is 9.84 Å². The van der Waals surface area contributed by atoms with Gasteiger partial charge in [-0.05, 0) is 30.4 Å². The number of hydrogen-bond acceptors (Lipinski definition) is 3. The Hall–Kier alpha value is -1.35. The maximum Gasteiger partial charge on any atom is 0.180 e. The van der Waals surface area contributed by atoms with Gasteiger partial charge in [-0.2, -0.15) is 0 Å². The predicted molar refractivity (Wildman–Crippen MR) is 73.0 cm³/mol. The van der Waals surface area contributed by atoms with Crippen molar-refractivity contribution in [3.63, 3.8) is 0 Å². The second kappa shape index (κ2) is 5.53. The van der Waals surface area contributed by atoms with Crippen LogP contribution in [0.4, 0.5) is 0 Å². The Balaban J connectivity index is 1.97. The van der Waals surface area contributed by atoms with Crippen LogP contribution in [0.15, 0.2) is 29.3 Å². The minimum Gasteiger partial charge on any atom is -0.479 e. The Morgan fingerprint density at radius 1 is 1.28 bits per heavy atom. The summed E-state index contributed by atoms with van der Waals surface area (Å²) in [5.41, 5.74) is 2.22. The minimum atomic E-state index is -0.423. The van der Waals surface area contributed by atoms with Crippen molar-refractivity contribution in [1.29, 1.82) is 0 Å². The smallest absolute Gasteiger partial charge is 0.180 e. The Bertz CT molecular complexity index is 425. The molecule has 2 rings (SSSR count). The molecule has 0 aromatic heterocycles. The predicted octanol–water partition coefficient (Wildman–Crippen LogP) is 2.36. The number of ether oxygens (including phenoxy) is 1. The average molecular weight is 247 g/mol. The number of aliphatic hydroxyl groups excluding tert-OH is 1. The molecule has 1 aliphatic heterocycles. The number of aliphatic hydroxyl groups is 1. The maximum absolute atomic E-state index is 9.51. The van der Waals surface area contributed by atoms with E-state index in [-0.39, 0.29) is 6.61 Å². The largest absolute Gasteiger partial charge is 0.479 e. The van der Waals surface area contributed by atoms with Crippen molar-refractivity contribution in [2.24, 2.45) is 4.99 Å². The summed E-state index contributed by atoms with van der Waals surface area (Å²) in [5, 5.41) is 9.51. The van der Waals surface area contributed by atoms with Crippen molar-refractivity contribution >= 4 is 5.90 Å². The lowest BCUT2D eigenvalue weighted by Crippen LogP contribution is -2.33. The lowest BCUT2D eigenvalue weighted by Gasteiger charge is -2.21. The first-order valence-electron chi connectivity index (χ1n) is 6.55. The first-order chi connectivity index (χ1) is 8.67. The summed E-state index contributed by atoms with van der Waals surface area (Å²) in [6.45, 7) is 4.55. The molecule has 18 heavy (non-hydrogen) atoms. The van der Waals surface area contributed by atoms with Gasteiger partial charge in [-0.3, -0.25) is 0 Å². The fraction of sp³-hybridized carbons (Fsp3) is 0.533. The third-order valence-electron chi connectivity index (χ3n) is 3.55. The Morgan fingerprint density at radius 3 is 2.44 bits per heavy atom. The highest BCUT2D eigenvalue weighted by Gasteiger charge is 2.34. The van der Waals surface area contributed by atoms with E-state index < -0.39 is 5.54 Å². The summed E-state index contributed by atoms with van der Waals surface area (Å²) in [7, 11) is 0. The van der Waals surface area contributed by atoms with Crippen LogP contribution in [-0.2, 0) is 17.6 Å². The fourth-order valence-corrected chi connectivity index (χ4v) is 2.24. The molecule has 0 bridgehead atoms. The zero-order valence-corrected chi connectivity index (χ0v) is 11.1. The molecular weight excluding hydrogens is 226 g/mol. The quantitative estimate of drug-likeness (QED) is 0.868. The number of nitrogens with zero attached hydrogens (tertiary/aromatic N) is 1. The summed E-state index contributed by atoms with van der Waals surface area (Å²) in [5.74, 6) is 0.686. The monoisotopic (exact) mass is 247 g/mol. The summed E-state index contributed by atoms with van der Waals surface area (Å²) in [6, 6.07) is 8.66.